The molecule has 2 aromatic carbocycles. The highest BCUT2D eigenvalue weighted by Crippen LogP contribution is 2.39. The van der Waals surface area contributed by atoms with Gasteiger partial charge in [-0.1, -0.05) is 49.2 Å². The summed E-state index contributed by atoms with van der Waals surface area (Å²) in [5, 5.41) is 21.1. The molecule has 2 aromatic rings. The highest BCUT2D eigenvalue weighted by Gasteiger charge is 2.36. The number of hydroxylamine groups is 1. The molecule has 0 radical (unpaired) electrons. The lowest BCUT2D eigenvalue weighted by Gasteiger charge is -2.39. The summed E-state index contributed by atoms with van der Waals surface area (Å²) in [4.78, 5) is 28.8. The molecule has 3 fully saturated rings. The first-order chi connectivity index (χ1) is 22.0. The fourth-order valence-corrected chi connectivity index (χ4v) is 6.83. The van der Waals surface area contributed by atoms with Gasteiger partial charge in [0.1, 0.15) is 0 Å². The van der Waals surface area contributed by atoms with Crippen LogP contribution < -0.4 is 10.8 Å². The zero-order valence-corrected chi connectivity index (χ0v) is 26.4. The first-order valence-electron chi connectivity index (χ1n) is 16.8. The minimum Gasteiger partial charge on any atom is -0.392 e. The predicted molar refractivity (Wildman–Crippen MR) is 171 cm³/mol. The van der Waals surface area contributed by atoms with E-state index in [4.69, 9.17) is 14.7 Å². The number of nitrogens with one attached hydrogen (secondary N) is 2. The third kappa shape index (κ3) is 10.1. The molecule has 0 aliphatic carbocycles. The summed E-state index contributed by atoms with van der Waals surface area (Å²) >= 11 is 0. The Morgan fingerprint density at radius 1 is 0.800 bits per heavy atom. The number of hydrogen-bond donors (Lipinski definition) is 4. The second kappa shape index (κ2) is 17.2. The highest BCUT2D eigenvalue weighted by atomic mass is 16.7. The Labute approximate surface area is 267 Å². The number of aliphatic hydroxyl groups is 1. The van der Waals surface area contributed by atoms with E-state index < -0.39 is 6.29 Å². The number of benzene rings is 2. The average Bonchev–Trinajstić information content (AvgIpc) is 3.75. The van der Waals surface area contributed by atoms with Crippen LogP contribution in [0.3, 0.4) is 0 Å². The number of carbonyl (C=O) groups excluding carboxylic acids is 2. The van der Waals surface area contributed by atoms with E-state index in [2.05, 4.69) is 15.1 Å². The molecule has 4 N–H and O–H groups in total. The van der Waals surface area contributed by atoms with E-state index in [1.54, 1.807) is 5.48 Å². The largest absolute Gasteiger partial charge is 0.392 e. The summed E-state index contributed by atoms with van der Waals surface area (Å²) in [5.74, 6) is -0.419. The van der Waals surface area contributed by atoms with Crippen LogP contribution in [-0.4, -0.2) is 76.8 Å². The van der Waals surface area contributed by atoms with Gasteiger partial charge in [-0.05, 0) is 81.4 Å². The molecule has 4 atom stereocenters. The molecule has 10 nitrogen and oxygen atoms in total. The average molecular weight is 623 g/mol. The van der Waals surface area contributed by atoms with Gasteiger partial charge in [0.2, 0.25) is 11.8 Å². The van der Waals surface area contributed by atoms with Crippen molar-refractivity contribution in [3.63, 3.8) is 0 Å². The lowest BCUT2D eigenvalue weighted by Crippen LogP contribution is -2.45. The second-order valence-corrected chi connectivity index (χ2v) is 12.8. The molecule has 5 rings (SSSR count). The number of rotatable bonds is 15. The third-order valence-corrected chi connectivity index (χ3v) is 9.37. The number of ether oxygens (including phenoxy) is 2. The molecule has 10 heteroatoms. The van der Waals surface area contributed by atoms with Crippen LogP contribution in [0.5, 0.6) is 0 Å². The van der Waals surface area contributed by atoms with Crippen molar-refractivity contribution in [2.75, 3.05) is 38.0 Å². The molecule has 246 valence electrons. The normalized spacial score (nSPS) is 24.1. The highest BCUT2D eigenvalue weighted by molar-refractivity contribution is 5.90. The van der Waals surface area contributed by atoms with Crippen LogP contribution in [0.1, 0.15) is 99.7 Å². The van der Waals surface area contributed by atoms with E-state index in [-0.39, 0.29) is 30.6 Å². The Morgan fingerprint density at radius 2 is 1.49 bits per heavy atom. The Kier molecular flexibility index (Phi) is 12.8. The predicted octanol–water partition coefficient (Wildman–Crippen LogP) is 5.07. The molecule has 0 spiro atoms. The van der Waals surface area contributed by atoms with Gasteiger partial charge in [0.25, 0.3) is 0 Å². The number of unbranched alkanes of at least 4 members (excludes halogenated alkanes) is 3. The Hall–Kier alpha value is -2.86. The fraction of sp³-hybridized carbons (Fsp3) is 0.600. The molecule has 0 unspecified atom stereocenters. The van der Waals surface area contributed by atoms with Crippen LogP contribution in [0, 0.1) is 0 Å². The van der Waals surface area contributed by atoms with Gasteiger partial charge in [-0.25, -0.2) is 5.48 Å². The molecule has 0 bridgehead atoms. The van der Waals surface area contributed by atoms with E-state index >= 15 is 0 Å². The number of aliphatic hydroxyl groups excluding tert-OH is 1. The van der Waals surface area contributed by atoms with Crippen molar-refractivity contribution in [1.82, 2.24) is 15.3 Å². The van der Waals surface area contributed by atoms with Crippen LogP contribution in [0.4, 0.5) is 5.69 Å². The first kappa shape index (κ1) is 33.5. The van der Waals surface area contributed by atoms with Crippen LogP contribution in [0.15, 0.2) is 48.5 Å². The second-order valence-electron chi connectivity index (χ2n) is 12.8. The summed E-state index contributed by atoms with van der Waals surface area (Å²) in [5.41, 5.74) is 5.25. The molecular formula is C35H50N4O6. The van der Waals surface area contributed by atoms with Crippen molar-refractivity contribution in [3.05, 3.63) is 65.2 Å². The zero-order valence-electron chi connectivity index (χ0n) is 26.4. The Bertz CT molecular complexity index is 1200. The summed E-state index contributed by atoms with van der Waals surface area (Å²) < 4.78 is 13.2. The maximum atomic E-state index is 12.5. The van der Waals surface area contributed by atoms with Gasteiger partial charge < -0.3 is 24.8 Å². The quantitative estimate of drug-likeness (QED) is 0.123. The molecule has 3 saturated heterocycles. The minimum absolute atomic E-state index is 0.0158. The van der Waals surface area contributed by atoms with Crippen LogP contribution in [0.25, 0.3) is 0 Å². The topological polar surface area (TPSA) is 124 Å². The van der Waals surface area contributed by atoms with Crippen molar-refractivity contribution in [2.45, 2.75) is 102 Å². The van der Waals surface area contributed by atoms with E-state index in [0.717, 1.165) is 67.7 Å². The van der Waals surface area contributed by atoms with Gasteiger partial charge in [0.05, 0.1) is 18.8 Å². The number of nitrogens with zero attached hydrogens (tertiary/aromatic N) is 2. The van der Waals surface area contributed by atoms with Gasteiger partial charge in [0.15, 0.2) is 6.29 Å². The van der Waals surface area contributed by atoms with Gasteiger partial charge in [-0.2, -0.15) is 0 Å². The van der Waals surface area contributed by atoms with E-state index in [9.17, 15) is 14.7 Å². The van der Waals surface area contributed by atoms with Crippen molar-refractivity contribution < 1.29 is 29.4 Å². The molecule has 0 saturated carbocycles. The number of carbonyl (C=O) groups is 2. The number of likely N-dealkylation sites (tertiary alicyclic amines) is 2. The van der Waals surface area contributed by atoms with Crippen molar-refractivity contribution >= 4 is 17.5 Å². The maximum absolute atomic E-state index is 12.5. The standard InChI is InChI=1S/C35H50N4O6/c40-25-26-11-13-27(14-12-26)32-22-31(24-39-21-7-8-30(39)23-38-19-5-6-20-38)44-35(45-32)28-15-17-29(18-16-28)36-33(41)9-3-1-2-4-10-34(42)37-43/h11-18,30-32,35,40,43H,1-10,19-25H2,(H,36,41)(H,37,42)/t30-,31-,32+,35+/m0/s1. The molecule has 3 aliphatic rings. The minimum atomic E-state index is -0.524. The lowest BCUT2D eigenvalue weighted by atomic mass is 9.99. The molecule has 2 amide bonds. The van der Waals surface area contributed by atoms with Crippen molar-refractivity contribution in [2.24, 2.45) is 0 Å². The van der Waals surface area contributed by atoms with Gasteiger partial charge in [0, 0.05) is 49.6 Å². The summed E-state index contributed by atoms with van der Waals surface area (Å²) in [6.07, 6.45) is 9.05. The molecule has 45 heavy (non-hydrogen) atoms. The number of hydrogen-bond acceptors (Lipinski definition) is 8. The van der Waals surface area contributed by atoms with Gasteiger partial charge in [-0.3, -0.25) is 19.7 Å². The summed E-state index contributed by atoms with van der Waals surface area (Å²) in [6, 6.07) is 16.3. The van der Waals surface area contributed by atoms with Crippen LogP contribution >= 0.6 is 0 Å². The summed E-state index contributed by atoms with van der Waals surface area (Å²) in [6.45, 7) is 5.59. The van der Waals surface area contributed by atoms with Crippen molar-refractivity contribution in [1.29, 1.82) is 0 Å². The zero-order chi connectivity index (χ0) is 31.4. The van der Waals surface area contributed by atoms with Crippen LogP contribution in [-0.2, 0) is 25.7 Å². The molecule has 3 heterocycles. The maximum Gasteiger partial charge on any atom is 0.243 e. The molecule has 3 aliphatic heterocycles. The number of anilines is 1. The van der Waals surface area contributed by atoms with Crippen LogP contribution in [0.2, 0.25) is 0 Å². The number of amides is 2. The smallest absolute Gasteiger partial charge is 0.243 e. The first-order valence-corrected chi connectivity index (χ1v) is 16.8. The Morgan fingerprint density at radius 3 is 2.18 bits per heavy atom. The van der Waals surface area contributed by atoms with Gasteiger partial charge >= 0.3 is 0 Å². The fourth-order valence-electron chi connectivity index (χ4n) is 6.83. The van der Waals surface area contributed by atoms with E-state index in [0.29, 0.717) is 25.3 Å². The van der Waals surface area contributed by atoms with Gasteiger partial charge in [-0.15, -0.1) is 0 Å². The SMILES string of the molecule is O=C(CCCCCCC(=O)Nc1ccc([C@@H]2O[C@H](CN3CCC[C@H]3CN3CCCC3)C[C@H](c3ccc(CO)cc3)O2)cc1)NO. The lowest BCUT2D eigenvalue weighted by molar-refractivity contribution is -0.253. The van der Waals surface area contributed by atoms with E-state index in [1.165, 1.54) is 38.8 Å². The molecule has 0 aromatic heterocycles. The Balaban J connectivity index is 1.18. The third-order valence-electron chi connectivity index (χ3n) is 9.37. The van der Waals surface area contributed by atoms with Crippen molar-refractivity contribution in [3.8, 4) is 0 Å². The molecular weight excluding hydrogens is 572 g/mol. The van der Waals surface area contributed by atoms with E-state index in [1.807, 2.05) is 48.5 Å². The summed E-state index contributed by atoms with van der Waals surface area (Å²) in [7, 11) is 0. The monoisotopic (exact) mass is 622 g/mol.